The van der Waals surface area contributed by atoms with Crippen LogP contribution in [0.5, 0.6) is 5.75 Å². The molecule has 1 aliphatic rings. The van der Waals surface area contributed by atoms with Crippen molar-refractivity contribution < 1.29 is 9.53 Å². The van der Waals surface area contributed by atoms with E-state index in [-0.39, 0.29) is 18.3 Å². The topological polar surface area (TPSA) is 92.8 Å². The van der Waals surface area contributed by atoms with Gasteiger partial charge in [-0.25, -0.2) is 0 Å². The van der Waals surface area contributed by atoms with E-state index in [1.54, 1.807) is 29.5 Å². The number of halogens is 1. The fourth-order valence-corrected chi connectivity index (χ4v) is 6.18. The second-order valence-electron chi connectivity index (χ2n) is 8.09. The summed E-state index contributed by atoms with van der Waals surface area (Å²) in [5, 5.41) is 23.0. The standard InChI is InChI=1S/C25H26ClN5O2S2/c1-2-13-31-22(15-33-20-11-8-7-10-19(20)26)29-30-25(31)34-16-23(32)28-24-18(14-27)17-9-5-3-4-6-12-21(17)35-24/h2,7-8,10-11H,1,3-6,9,12-13,15-16H2,(H,28,32). The largest absolute Gasteiger partial charge is 0.484 e. The molecule has 0 radical (unpaired) electrons. The van der Waals surface area contributed by atoms with Crippen LogP contribution < -0.4 is 10.1 Å². The van der Waals surface area contributed by atoms with Gasteiger partial charge >= 0.3 is 0 Å². The third kappa shape index (κ3) is 6.26. The number of rotatable bonds is 9. The Hall–Kier alpha value is -2.80. The van der Waals surface area contributed by atoms with E-state index in [0.717, 1.165) is 31.2 Å². The van der Waals surface area contributed by atoms with Gasteiger partial charge in [-0.15, -0.1) is 28.1 Å². The van der Waals surface area contributed by atoms with Crippen molar-refractivity contribution in [1.82, 2.24) is 14.8 Å². The minimum atomic E-state index is -0.178. The van der Waals surface area contributed by atoms with Crippen LogP contribution in [0.4, 0.5) is 5.00 Å². The maximum absolute atomic E-state index is 12.8. The van der Waals surface area contributed by atoms with Crippen molar-refractivity contribution >= 4 is 45.6 Å². The van der Waals surface area contributed by atoms with Crippen LogP contribution in [0.1, 0.15) is 47.5 Å². The number of benzene rings is 1. The quantitative estimate of drug-likeness (QED) is 0.270. The lowest BCUT2D eigenvalue weighted by atomic mass is 9.97. The number of carbonyl (C=O) groups excluding carboxylic acids is 1. The Bertz CT molecular complexity index is 1250. The van der Waals surface area contributed by atoms with Gasteiger partial charge < -0.3 is 10.1 Å². The molecule has 0 spiro atoms. The van der Waals surface area contributed by atoms with E-state index >= 15 is 0 Å². The van der Waals surface area contributed by atoms with Crippen molar-refractivity contribution in [3.63, 3.8) is 0 Å². The second kappa shape index (κ2) is 12.2. The fraction of sp³-hybridized carbons (Fsp3) is 0.360. The molecule has 0 atom stereocenters. The number of hydrogen-bond acceptors (Lipinski definition) is 7. The first-order valence-electron chi connectivity index (χ1n) is 11.5. The smallest absolute Gasteiger partial charge is 0.235 e. The van der Waals surface area contributed by atoms with Crippen LogP contribution in [0.15, 0.2) is 42.1 Å². The first-order valence-corrected chi connectivity index (χ1v) is 13.7. The second-order valence-corrected chi connectivity index (χ2v) is 10.5. The van der Waals surface area contributed by atoms with E-state index in [1.165, 1.54) is 29.5 Å². The molecule has 2 aromatic heterocycles. The summed E-state index contributed by atoms with van der Waals surface area (Å²) in [7, 11) is 0. The molecular formula is C25H26ClN5O2S2. The van der Waals surface area contributed by atoms with E-state index in [4.69, 9.17) is 16.3 Å². The summed E-state index contributed by atoms with van der Waals surface area (Å²) in [6.07, 6.45) is 8.24. The molecule has 3 aromatic rings. The highest BCUT2D eigenvalue weighted by Crippen LogP contribution is 2.36. The van der Waals surface area contributed by atoms with Crippen LogP contribution in [0.25, 0.3) is 0 Å². The predicted molar refractivity (Wildman–Crippen MR) is 140 cm³/mol. The average molecular weight is 528 g/mol. The summed E-state index contributed by atoms with van der Waals surface area (Å²) in [6.45, 7) is 4.47. The lowest BCUT2D eigenvalue weighted by molar-refractivity contribution is -0.113. The molecule has 1 aliphatic carbocycles. The Morgan fingerprint density at radius 1 is 1.29 bits per heavy atom. The van der Waals surface area contributed by atoms with Gasteiger partial charge in [0.05, 0.1) is 16.3 Å². The number of ether oxygens (including phenoxy) is 1. The van der Waals surface area contributed by atoms with Gasteiger partial charge in [-0.2, -0.15) is 5.26 Å². The summed E-state index contributed by atoms with van der Waals surface area (Å²) in [5.41, 5.74) is 1.74. The van der Waals surface area contributed by atoms with E-state index in [0.29, 0.717) is 38.9 Å². The van der Waals surface area contributed by atoms with Gasteiger partial charge in [-0.3, -0.25) is 9.36 Å². The number of aryl methyl sites for hydroxylation is 1. The number of carbonyl (C=O) groups is 1. The Balaban J connectivity index is 1.41. The van der Waals surface area contributed by atoms with E-state index in [2.05, 4.69) is 28.2 Å². The van der Waals surface area contributed by atoms with Crippen LogP contribution in [0.2, 0.25) is 5.02 Å². The molecule has 35 heavy (non-hydrogen) atoms. The van der Waals surface area contributed by atoms with Gasteiger partial charge in [0, 0.05) is 11.4 Å². The SMILES string of the molecule is C=CCn1c(COc2ccccc2Cl)nnc1SCC(=O)Nc1sc2c(c1C#N)CCCCCC2. The van der Waals surface area contributed by atoms with Crippen molar-refractivity contribution in [3.05, 3.63) is 63.8 Å². The van der Waals surface area contributed by atoms with Gasteiger partial charge in [0.2, 0.25) is 5.91 Å². The predicted octanol–water partition coefficient (Wildman–Crippen LogP) is 6.02. The first-order chi connectivity index (χ1) is 17.1. The Morgan fingerprint density at radius 3 is 2.86 bits per heavy atom. The van der Waals surface area contributed by atoms with Crippen LogP contribution in [0, 0.1) is 11.3 Å². The molecule has 1 amide bonds. The van der Waals surface area contributed by atoms with Gasteiger partial charge in [-0.1, -0.05) is 54.4 Å². The molecule has 7 nitrogen and oxygen atoms in total. The van der Waals surface area contributed by atoms with Gasteiger partial charge in [-0.05, 0) is 43.4 Å². The molecular weight excluding hydrogens is 502 g/mol. The number of anilines is 1. The monoisotopic (exact) mass is 527 g/mol. The van der Waals surface area contributed by atoms with Gasteiger partial charge in [0.1, 0.15) is 23.4 Å². The van der Waals surface area contributed by atoms with Crippen molar-refractivity contribution in [2.75, 3.05) is 11.1 Å². The first kappa shape index (κ1) is 25.3. The number of allylic oxidation sites excluding steroid dienone is 1. The number of nitrogens with one attached hydrogen (secondary N) is 1. The highest BCUT2D eigenvalue weighted by molar-refractivity contribution is 7.99. The van der Waals surface area contributed by atoms with Crippen LogP contribution >= 0.6 is 34.7 Å². The summed E-state index contributed by atoms with van der Waals surface area (Å²) in [5.74, 6) is 1.14. The Kier molecular flexibility index (Phi) is 8.85. The summed E-state index contributed by atoms with van der Waals surface area (Å²) >= 11 is 8.99. The molecule has 0 saturated heterocycles. The molecule has 0 bridgehead atoms. The van der Waals surface area contributed by atoms with Crippen molar-refractivity contribution in [1.29, 1.82) is 5.26 Å². The van der Waals surface area contributed by atoms with Crippen molar-refractivity contribution in [3.8, 4) is 11.8 Å². The highest BCUT2D eigenvalue weighted by atomic mass is 35.5. The number of hydrogen-bond donors (Lipinski definition) is 1. The van der Waals surface area contributed by atoms with Crippen LogP contribution in [-0.4, -0.2) is 26.4 Å². The van der Waals surface area contributed by atoms with E-state index < -0.39 is 0 Å². The number of thioether (sulfide) groups is 1. The van der Waals surface area contributed by atoms with Crippen molar-refractivity contribution in [2.24, 2.45) is 0 Å². The molecule has 0 fully saturated rings. The summed E-state index contributed by atoms with van der Waals surface area (Å²) < 4.78 is 7.66. The molecule has 1 aromatic carbocycles. The molecule has 2 heterocycles. The Labute approximate surface area is 218 Å². The third-order valence-corrected chi connectivity index (χ3v) is 8.15. The molecule has 0 unspecified atom stereocenters. The summed E-state index contributed by atoms with van der Waals surface area (Å²) in [6, 6.07) is 9.55. The maximum atomic E-state index is 12.8. The minimum absolute atomic E-state index is 0.147. The normalized spacial score (nSPS) is 13.3. The van der Waals surface area contributed by atoms with E-state index in [9.17, 15) is 10.1 Å². The lowest BCUT2D eigenvalue weighted by Gasteiger charge is -2.10. The highest BCUT2D eigenvalue weighted by Gasteiger charge is 2.21. The number of amides is 1. The number of para-hydroxylation sites is 1. The zero-order valence-electron chi connectivity index (χ0n) is 19.3. The van der Waals surface area contributed by atoms with Gasteiger partial charge in [0.25, 0.3) is 0 Å². The number of fused-ring (bicyclic) bond motifs is 1. The zero-order chi connectivity index (χ0) is 24.6. The van der Waals surface area contributed by atoms with Gasteiger partial charge in [0.15, 0.2) is 11.0 Å². The van der Waals surface area contributed by atoms with Crippen molar-refractivity contribution in [2.45, 2.75) is 56.8 Å². The molecule has 1 N–H and O–H groups in total. The molecule has 4 rings (SSSR count). The minimum Gasteiger partial charge on any atom is -0.484 e. The number of nitrogens with zero attached hydrogens (tertiary/aromatic N) is 4. The molecule has 0 aliphatic heterocycles. The van der Waals surface area contributed by atoms with Crippen LogP contribution in [-0.2, 0) is 30.8 Å². The lowest BCUT2D eigenvalue weighted by Crippen LogP contribution is -2.15. The number of aromatic nitrogens is 3. The number of nitriles is 1. The van der Waals surface area contributed by atoms with E-state index in [1.807, 2.05) is 16.7 Å². The summed E-state index contributed by atoms with van der Waals surface area (Å²) in [4.78, 5) is 14.0. The fourth-order valence-electron chi connectivity index (χ4n) is 3.97. The maximum Gasteiger partial charge on any atom is 0.235 e. The molecule has 0 saturated carbocycles. The zero-order valence-corrected chi connectivity index (χ0v) is 21.6. The molecule has 10 heteroatoms. The Morgan fingerprint density at radius 2 is 2.09 bits per heavy atom. The average Bonchev–Trinajstić information content (AvgIpc) is 3.37. The number of thiophene rings is 1. The molecule has 182 valence electrons. The third-order valence-electron chi connectivity index (χ3n) is 5.67. The van der Waals surface area contributed by atoms with Crippen LogP contribution in [0.3, 0.4) is 0 Å².